The number of nitrogens with one attached hydrogen (secondary N) is 1. The summed E-state index contributed by atoms with van der Waals surface area (Å²) in [5.74, 6) is 0.931. The first-order valence-corrected chi connectivity index (χ1v) is 6.89. The lowest BCUT2D eigenvalue weighted by Gasteiger charge is -2.35. The van der Waals surface area contributed by atoms with Gasteiger partial charge in [0.15, 0.2) is 5.82 Å². The van der Waals surface area contributed by atoms with Gasteiger partial charge in [0.2, 0.25) is 0 Å². The van der Waals surface area contributed by atoms with Crippen molar-refractivity contribution in [3.05, 3.63) is 36.2 Å². The third kappa shape index (κ3) is 2.14. The molecule has 3 rings (SSSR count). The number of tetrazole rings is 1. The van der Waals surface area contributed by atoms with Crippen LogP contribution in [0.1, 0.15) is 37.9 Å². The van der Waals surface area contributed by atoms with Gasteiger partial charge >= 0.3 is 0 Å². The monoisotopic (exact) mass is 257 g/mol. The Hall–Kier alpha value is -1.75. The first-order valence-electron chi connectivity index (χ1n) is 6.89. The van der Waals surface area contributed by atoms with Crippen LogP contribution in [0.3, 0.4) is 0 Å². The number of benzene rings is 1. The third-order valence-electron chi connectivity index (χ3n) is 4.08. The van der Waals surface area contributed by atoms with E-state index in [1.807, 2.05) is 42.1 Å². The molecule has 0 aliphatic heterocycles. The molecular formula is C14H19N5. The Morgan fingerprint density at radius 3 is 2.53 bits per heavy atom. The average molecular weight is 257 g/mol. The van der Waals surface area contributed by atoms with Crippen LogP contribution in [0.2, 0.25) is 0 Å². The summed E-state index contributed by atoms with van der Waals surface area (Å²) in [4.78, 5) is 0. The summed E-state index contributed by atoms with van der Waals surface area (Å²) >= 11 is 0. The maximum absolute atomic E-state index is 4.30. The second-order valence-corrected chi connectivity index (χ2v) is 5.14. The van der Waals surface area contributed by atoms with Crippen molar-refractivity contribution in [2.75, 3.05) is 7.05 Å². The molecule has 1 aromatic heterocycles. The van der Waals surface area contributed by atoms with Crippen molar-refractivity contribution in [3.63, 3.8) is 0 Å². The second-order valence-electron chi connectivity index (χ2n) is 5.14. The van der Waals surface area contributed by atoms with E-state index in [1.54, 1.807) is 0 Å². The molecule has 0 unspecified atom stereocenters. The zero-order chi connectivity index (χ0) is 13.1. The first-order chi connectivity index (χ1) is 9.36. The van der Waals surface area contributed by atoms with Gasteiger partial charge in [0, 0.05) is 0 Å². The molecule has 0 amide bonds. The summed E-state index contributed by atoms with van der Waals surface area (Å²) in [5.41, 5.74) is 0.931. The molecule has 0 bridgehead atoms. The number of hydrogen-bond donors (Lipinski definition) is 1. The number of hydrogen-bond acceptors (Lipinski definition) is 4. The van der Waals surface area contributed by atoms with E-state index in [0.29, 0.717) is 0 Å². The Bertz CT molecular complexity index is 528. The predicted molar refractivity (Wildman–Crippen MR) is 73.0 cm³/mol. The highest BCUT2D eigenvalue weighted by molar-refractivity contribution is 5.32. The van der Waals surface area contributed by atoms with Crippen LogP contribution in [-0.2, 0) is 5.54 Å². The minimum absolute atomic E-state index is 0.0857. The zero-order valence-electron chi connectivity index (χ0n) is 11.2. The number of rotatable bonds is 3. The Kier molecular flexibility index (Phi) is 3.29. The van der Waals surface area contributed by atoms with Gasteiger partial charge in [0.1, 0.15) is 0 Å². The van der Waals surface area contributed by atoms with Gasteiger partial charge in [-0.25, -0.2) is 0 Å². The van der Waals surface area contributed by atoms with Crippen LogP contribution in [0.4, 0.5) is 0 Å². The Morgan fingerprint density at radius 2 is 1.84 bits per heavy atom. The van der Waals surface area contributed by atoms with E-state index in [0.717, 1.165) is 24.4 Å². The molecule has 19 heavy (non-hydrogen) atoms. The highest BCUT2D eigenvalue weighted by Crippen LogP contribution is 2.36. The fraction of sp³-hybridized carbons (Fsp3) is 0.500. The molecule has 1 aromatic carbocycles. The molecule has 100 valence electrons. The Morgan fingerprint density at radius 1 is 1.11 bits per heavy atom. The smallest absolute Gasteiger partial charge is 0.176 e. The number of para-hydroxylation sites is 1. The van der Waals surface area contributed by atoms with Gasteiger partial charge in [0.25, 0.3) is 0 Å². The summed E-state index contributed by atoms with van der Waals surface area (Å²) in [5, 5.41) is 15.8. The minimum atomic E-state index is -0.0857. The van der Waals surface area contributed by atoms with Crippen LogP contribution in [-0.4, -0.2) is 27.3 Å². The van der Waals surface area contributed by atoms with Gasteiger partial charge in [-0.3, -0.25) is 0 Å². The summed E-state index contributed by atoms with van der Waals surface area (Å²) in [7, 11) is 2.01. The van der Waals surface area contributed by atoms with Crippen LogP contribution in [0.25, 0.3) is 5.69 Å². The Balaban J connectivity index is 2.04. The molecule has 5 nitrogen and oxygen atoms in total. The topological polar surface area (TPSA) is 55.6 Å². The summed E-state index contributed by atoms with van der Waals surface area (Å²) < 4.78 is 1.86. The third-order valence-corrected chi connectivity index (χ3v) is 4.08. The fourth-order valence-electron chi connectivity index (χ4n) is 2.97. The molecule has 1 aliphatic rings. The lowest BCUT2D eigenvalue weighted by Crippen LogP contribution is -2.44. The van der Waals surface area contributed by atoms with E-state index in [1.165, 1.54) is 19.3 Å². The van der Waals surface area contributed by atoms with Crippen molar-refractivity contribution >= 4 is 0 Å². The van der Waals surface area contributed by atoms with Gasteiger partial charge in [-0.05, 0) is 42.4 Å². The van der Waals surface area contributed by atoms with Crippen LogP contribution in [0, 0.1) is 0 Å². The number of aromatic nitrogens is 4. The van der Waals surface area contributed by atoms with Crippen molar-refractivity contribution in [1.29, 1.82) is 0 Å². The lowest BCUT2D eigenvalue weighted by molar-refractivity contribution is 0.232. The van der Waals surface area contributed by atoms with E-state index in [9.17, 15) is 0 Å². The normalized spacial score (nSPS) is 18.4. The highest BCUT2D eigenvalue weighted by atomic mass is 15.6. The average Bonchev–Trinajstić information content (AvgIpc) is 2.99. The second kappa shape index (κ2) is 5.09. The molecule has 0 radical (unpaired) electrons. The highest BCUT2D eigenvalue weighted by Gasteiger charge is 2.37. The predicted octanol–water partition coefficient (Wildman–Crippen LogP) is 2.04. The SMILES string of the molecule is CNC1(c2nnnn2-c2ccccc2)CCCCC1. The lowest BCUT2D eigenvalue weighted by atomic mass is 9.81. The molecule has 5 heteroatoms. The Labute approximate surface area is 113 Å². The molecule has 0 atom stereocenters. The largest absolute Gasteiger partial charge is 0.308 e. The van der Waals surface area contributed by atoms with Gasteiger partial charge in [0.05, 0.1) is 11.2 Å². The van der Waals surface area contributed by atoms with Gasteiger partial charge in [-0.2, -0.15) is 4.68 Å². The molecule has 2 aromatic rings. The molecule has 1 fully saturated rings. The standard InChI is InChI=1S/C14H19N5/c1-15-14(10-6-3-7-11-14)13-16-17-18-19(13)12-8-4-2-5-9-12/h2,4-5,8-9,15H,3,6-7,10-11H2,1H3. The van der Waals surface area contributed by atoms with Gasteiger partial charge < -0.3 is 5.32 Å². The summed E-state index contributed by atoms with van der Waals surface area (Å²) in [6, 6.07) is 10.1. The summed E-state index contributed by atoms with van der Waals surface area (Å²) in [6.45, 7) is 0. The van der Waals surface area contributed by atoms with Crippen LogP contribution in [0.5, 0.6) is 0 Å². The van der Waals surface area contributed by atoms with Crippen LogP contribution in [0.15, 0.2) is 30.3 Å². The van der Waals surface area contributed by atoms with Crippen molar-refractivity contribution < 1.29 is 0 Å². The maximum atomic E-state index is 4.30. The van der Waals surface area contributed by atoms with E-state index >= 15 is 0 Å². The van der Waals surface area contributed by atoms with E-state index < -0.39 is 0 Å². The van der Waals surface area contributed by atoms with Crippen molar-refractivity contribution in [3.8, 4) is 5.69 Å². The molecule has 1 aliphatic carbocycles. The molecule has 0 saturated heterocycles. The molecule has 0 spiro atoms. The van der Waals surface area contributed by atoms with Gasteiger partial charge in [-0.1, -0.05) is 37.5 Å². The quantitative estimate of drug-likeness (QED) is 0.914. The van der Waals surface area contributed by atoms with E-state index in [-0.39, 0.29) is 5.54 Å². The first kappa shape index (κ1) is 12.3. The molecule has 1 heterocycles. The summed E-state index contributed by atoms with van der Waals surface area (Å²) in [6.07, 6.45) is 5.94. The van der Waals surface area contributed by atoms with E-state index in [4.69, 9.17) is 0 Å². The van der Waals surface area contributed by atoms with E-state index in [2.05, 4.69) is 20.8 Å². The van der Waals surface area contributed by atoms with Gasteiger partial charge in [-0.15, -0.1) is 5.10 Å². The number of nitrogens with zero attached hydrogens (tertiary/aromatic N) is 4. The zero-order valence-corrected chi connectivity index (χ0v) is 11.2. The molecule has 1 N–H and O–H groups in total. The minimum Gasteiger partial charge on any atom is -0.308 e. The van der Waals surface area contributed by atoms with Crippen LogP contribution >= 0.6 is 0 Å². The van der Waals surface area contributed by atoms with Crippen molar-refractivity contribution in [2.45, 2.75) is 37.6 Å². The van der Waals surface area contributed by atoms with Crippen molar-refractivity contribution in [2.24, 2.45) is 0 Å². The van der Waals surface area contributed by atoms with Crippen LogP contribution < -0.4 is 5.32 Å². The fourth-order valence-corrected chi connectivity index (χ4v) is 2.97. The van der Waals surface area contributed by atoms with Crippen molar-refractivity contribution in [1.82, 2.24) is 25.5 Å². The molecular weight excluding hydrogens is 238 g/mol. The molecule has 1 saturated carbocycles. The maximum Gasteiger partial charge on any atom is 0.176 e.